The second-order valence-corrected chi connectivity index (χ2v) is 4.63. The van der Waals surface area contributed by atoms with E-state index in [0.717, 1.165) is 25.9 Å². The van der Waals surface area contributed by atoms with E-state index >= 15 is 0 Å². The Bertz CT molecular complexity index is 187. The fraction of sp³-hybridized carbons (Fsp3) is 0.923. The summed E-state index contributed by atoms with van der Waals surface area (Å²) >= 11 is 0. The lowest BCUT2D eigenvalue weighted by atomic mass is 9.95. The molecule has 1 fully saturated rings. The average Bonchev–Trinajstić information content (AvgIpc) is 2.15. The maximum atomic E-state index is 11.9. The Hall–Kier alpha value is -0.530. The minimum absolute atomic E-state index is 0.308. The largest absolute Gasteiger partial charge is 0.342 e. The molecule has 1 unspecified atom stereocenters. The summed E-state index contributed by atoms with van der Waals surface area (Å²) in [6, 6.07) is 0. The number of amides is 1. The van der Waals surface area contributed by atoms with Crippen LogP contribution in [0.3, 0.4) is 0 Å². The van der Waals surface area contributed by atoms with Crippen molar-refractivity contribution < 1.29 is 4.79 Å². The van der Waals surface area contributed by atoms with Gasteiger partial charge in [-0.2, -0.15) is 0 Å². The molecule has 1 rings (SSSR count). The van der Waals surface area contributed by atoms with E-state index in [4.69, 9.17) is 0 Å². The molecule has 0 aromatic heterocycles. The summed E-state index contributed by atoms with van der Waals surface area (Å²) in [4.78, 5) is 14.0. The van der Waals surface area contributed by atoms with Crippen LogP contribution in [0.1, 0.15) is 58.8 Å². The van der Waals surface area contributed by atoms with Gasteiger partial charge in [-0.05, 0) is 19.3 Å². The van der Waals surface area contributed by atoms with Crippen molar-refractivity contribution in [2.24, 2.45) is 5.92 Å². The van der Waals surface area contributed by atoms with Gasteiger partial charge >= 0.3 is 0 Å². The summed E-state index contributed by atoms with van der Waals surface area (Å²) in [5.74, 6) is 0.724. The van der Waals surface area contributed by atoms with Crippen LogP contribution in [0.15, 0.2) is 0 Å². The van der Waals surface area contributed by atoms with E-state index in [1.165, 1.54) is 32.1 Å². The van der Waals surface area contributed by atoms with Crippen molar-refractivity contribution in [3.05, 3.63) is 0 Å². The van der Waals surface area contributed by atoms with Gasteiger partial charge in [0.2, 0.25) is 5.91 Å². The second kappa shape index (κ2) is 6.86. The summed E-state index contributed by atoms with van der Waals surface area (Å²) in [5.41, 5.74) is 0. The first-order valence-electron chi connectivity index (χ1n) is 6.58. The van der Waals surface area contributed by atoms with Crippen LogP contribution >= 0.6 is 0 Å². The topological polar surface area (TPSA) is 20.3 Å². The highest BCUT2D eigenvalue weighted by Gasteiger charge is 2.26. The molecule has 0 saturated carbocycles. The lowest BCUT2D eigenvalue weighted by Crippen LogP contribution is -2.45. The third-order valence-electron chi connectivity index (χ3n) is 3.42. The molecular weight excluding hydrogens is 186 g/mol. The molecule has 88 valence electrons. The summed E-state index contributed by atoms with van der Waals surface area (Å²) in [5, 5.41) is 0. The minimum Gasteiger partial charge on any atom is -0.342 e. The van der Waals surface area contributed by atoms with Gasteiger partial charge in [0.05, 0.1) is 0 Å². The molecule has 0 aromatic rings. The van der Waals surface area contributed by atoms with Crippen molar-refractivity contribution in [1.29, 1.82) is 0 Å². The molecule has 0 N–H and O–H groups in total. The number of likely N-dealkylation sites (tertiary alicyclic amines) is 1. The molecular formula is C13H25NO. The van der Waals surface area contributed by atoms with Crippen LogP contribution in [0.5, 0.6) is 0 Å². The predicted molar refractivity (Wildman–Crippen MR) is 63.7 cm³/mol. The van der Waals surface area contributed by atoms with E-state index < -0.39 is 0 Å². The van der Waals surface area contributed by atoms with Gasteiger partial charge in [-0.3, -0.25) is 4.79 Å². The van der Waals surface area contributed by atoms with Crippen LogP contribution in [-0.2, 0) is 4.79 Å². The standard InChI is InChI=1S/C13H25NO/c1-3-5-6-7-9-12(4-2)13(15)14-10-8-11-14/h12H,3-11H2,1-2H3. The molecule has 1 aliphatic rings. The summed E-state index contributed by atoms with van der Waals surface area (Å²) in [6.07, 6.45) is 8.43. The lowest BCUT2D eigenvalue weighted by Gasteiger charge is -2.34. The third-order valence-corrected chi connectivity index (χ3v) is 3.42. The second-order valence-electron chi connectivity index (χ2n) is 4.63. The van der Waals surface area contributed by atoms with Crippen molar-refractivity contribution in [3.8, 4) is 0 Å². The van der Waals surface area contributed by atoms with Gasteiger partial charge in [0.1, 0.15) is 0 Å². The van der Waals surface area contributed by atoms with Crippen LogP contribution in [0, 0.1) is 5.92 Å². The number of hydrogen-bond acceptors (Lipinski definition) is 1. The normalized spacial score (nSPS) is 17.3. The zero-order chi connectivity index (χ0) is 11.1. The van der Waals surface area contributed by atoms with E-state index in [-0.39, 0.29) is 0 Å². The number of hydrogen-bond donors (Lipinski definition) is 0. The molecule has 2 heteroatoms. The zero-order valence-electron chi connectivity index (χ0n) is 10.3. The first-order valence-corrected chi connectivity index (χ1v) is 6.58. The number of carbonyl (C=O) groups excluding carboxylic acids is 1. The van der Waals surface area contributed by atoms with E-state index in [1.54, 1.807) is 0 Å². The van der Waals surface area contributed by atoms with Crippen molar-refractivity contribution in [2.45, 2.75) is 58.8 Å². The van der Waals surface area contributed by atoms with Crippen molar-refractivity contribution in [3.63, 3.8) is 0 Å². The third kappa shape index (κ3) is 3.84. The van der Waals surface area contributed by atoms with Crippen molar-refractivity contribution in [2.75, 3.05) is 13.1 Å². The molecule has 1 atom stereocenters. The fourth-order valence-corrected chi connectivity index (χ4v) is 2.11. The molecule has 0 radical (unpaired) electrons. The SMILES string of the molecule is CCCCCCC(CC)C(=O)N1CCC1. The van der Waals surface area contributed by atoms with Crippen LogP contribution in [-0.4, -0.2) is 23.9 Å². The van der Waals surface area contributed by atoms with Gasteiger partial charge in [0, 0.05) is 19.0 Å². The Kier molecular flexibility index (Phi) is 5.74. The first-order chi connectivity index (χ1) is 7.29. The van der Waals surface area contributed by atoms with E-state index in [0.29, 0.717) is 11.8 Å². The Balaban J connectivity index is 2.18. The molecule has 1 aliphatic heterocycles. The molecule has 1 heterocycles. The van der Waals surface area contributed by atoms with Gasteiger partial charge in [0.25, 0.3) is 0 Å². The molecule has 1 amide bonds. The van der Waals surface area contributed by atoms with Crippen LogP contribution in [0.4, 0.5) is 0 Å². The van der Waals surface area contributed by atoms with Gasteiger partial charge < -0.3 is 4.90 Å². The van der Waals surface area contributed by atoms with Crippen molar-refractivity contribution in [1.82, 2.24) is 4.90 Å². The monoisotopic (exact) mass is 211 g/mol. The molecule has 0 aliphatic carbocycles. The Morgan fingerprint density at radius 2 is 1.93 bits per heavy atom. The van der Waals surface area contributed by atoms with Gasteiger partial charge in [-0.25, -0.2) is 0 Å². The molecule has 0 spiro atoms. The fourth-order valence-electron chi connectivity index (χ4n) is 2.11. The molecule has 15 heavy (non-hydrogen) atoms. The highest BCUT2D eigenvalue weighted by Crippen LogP contribution is 2.20. The number of nitrogens with zero attached hydrogens (tertiary/aromatic N) is 1. The van der Waals surface area contributed by atoms with E-state index in [2.05, 4.69) is 13.8 Å². The number of rotatable bonds is 7. The smallest absolute Gasteiger partial charge is 0.225 e. The van der Waals surface area contributed by atoms with E-state index in [1.807, 2.05) is 4.90 Å². The Morgan fingerprint density at radius 1 is 1.20 bits per heavy atom. The molecule has 0 bridgehead atoms. The molecule has 2 nitrogen and oxygen atoms in total. The minimum atomic E-state index is 0.308. The van der Waals surface area contributed by atoms with Gasteiger partial charge in [-0.15, -0.1) is 0 Å². The number of carbonyl (C=O) groups is 1. The van der Waals surface area contributed by atoms with Crippen LogP contribution in [0.2, 0.25) is 0 Å². The molecule has 1 saturated heterocycles. The quantitative estimate of drug-likeness (QED) is 0.592. The zero-order valence-corrected chi connectivity index (χ0v) is 10.3. The summed E-state index contributed by atoms with van der Waals surface area (Å²) in [6.45, 7) is 6.37. The van der Waals surface area contributed by atoms with Crippen LogP contribution in [0.25, 0.3) is 0 Å². The maximum absolute atomic E-state index is 11.9. The Morgan fingerprint density at radius 3 is 2.40 bits per heavy atom. The van der Waals surface area contributed by atoms with Gasteiger partial charge in [0.15, 0.2) is 0 Å². The maximum Gasteiger partial charge on any atom is 0.225 e. The summed E-state index contributed by atoms with van der Waals surface area (Å²) < 4.78 is 0. The van der Waals surface area contributed by atoms with E-state index in [9.17, 15) is 4.79 Å². The predicted octanol–water partition coefficient (Wildman–Crippen LogP) is 3.22. The van der Waals surface area contributed by atoms with Crippen molar-refractivity contribution >= 4 is 5.91 Å². The molecule has 0 aromatic carbocycles. The Labute approximate surface area is 94.0 Å². The lowest BCUT2D eigenvalue weighted by molar-refractivity contribution is -0.139. The highest BCUT2D eigenvalue weighted by molar-refractivity contribution is 5.79. The first kappa shape index (κ1) is 12.5. The highest BCUT2D eigenvalue weighted by atomic mass is 16.2. The number of unbranched alkanes of at least 4 members (excludes halogenated alkanes) is 3. The van der Waals surface area contributed by atoms with Gasteiger partial charge in [-0.1, -0.05) is 39.5 Å². The van der Waals surface area contributed by atoms with Crippen LogP contribution < -0.4 is 0 Å². The summed E-state index contributed by atoms with van der Waals surface area (Å²) in [7, 11) is 0. The average molecular weight is 211 g/mol.